The first-order valence-electron chi connectivity index (χ1n) is 7.13. The topological polar surface area (TPSA) is 59.0 Å². The Hall–Kier alpha value is -1.36. The van der Waals surface area contributed by atoms with Crippen LogP contribution in [-0.2, 0) is 11.3 Å². The van der Waals surface area contributed by atoms with Crippen LogP contribution < -0.4 is 10.6 Å². The van der Waals surface area contributed by atoms with Crippen LogP contribution in [0.15, 0.2) is 18.7 Å². The smallest absolute Gasteiger partial charge is 0.237 e. The van der Waals surface area contributed by atoms with E-state index in [1.54, 1.807) is 6.20 Å². The fourth-order valence-corrected chi connectivity index (χ4v) is 1.72. The van der Waals surface area contributed by atoms with Gasteiger partial charge in [-0.15, -0.1) is 0 Å². The molecule has 0 aliphatic rings. The molecule has 5 heteroatoms. The molecule has 0 saturated heterocycles. The molecular weight excluding hydrogens is 240 g/mol. The van der Waals surface area contributed by atoms with Crippen molar-refractivity contribution in [2.45, 2.75) is 58.7 Å². The molecule has 2 atom stereocenters. The van der Waals surface area contributed by atoms with Crippen molar-refractivity contribution in [3.63, 3.8) is 0 Å². The summed E-state index contributed by atoms with van der Waals surface area (Å²) in [5.74, 6) is 0.0870. The largest absolute Gasteiger partial charge is 0.352 e. The number of amides is 1. The van der Waals surface area contributed by atoms with Crippen molar-refractivity contribution in [2.75, 3.05) is 6.54 Å². The van der Waals surface area contributed by atoms with E-state index in [2.05, 4.69) is 27.1 Å². The van der Waals surface area contributed by atoms with Gasteiger partial charge in [0.1, 0.15) is 0 Å². The number of carbonyl (C=O) groups excluding carboxylic acids is 1. The molecule has 5 nitrogen and oxygen atoms in total. The third kappa shape index (κ3) is 6.38. The lowest BCUT2D eigenvalue weighted by atomic mass is 10.2. The van der Waals surface area contributed by atoms with Gasteiger partial charge in [0, 0.05) is 25.0 Å². The summed E-state index contributed by atoms with van der Waals surface area (Å²) >= 11 is 0. The molecule has 1 aromatic heterocycles. The van der Waals surface area contributed by atoms with Crippen molar-refractivity contribution in [3.8, 4) is 0 Å². The molecular formula is C14H26N4O. The number of unbranched alkanes of at least 4 members (excludes halogenated alkanes) is 1. The maximum Gasteiger partial charge on any atom is 0.237 e. The molecule has 108 valence electrons. The number of aryl methyl sites for hydroxylation is 1. The molecule has 0 aliphatic heterocycles. The highest BCUT2D eigenvalue weighted by Crippen LogP contribution is 1.95. The van der Waals surface area contributed by atoms with E-state index in [9.17, 15) is 4.79 Å². The van der Waals surface area contributed by atoms with Gasteiger partial charge < -0.3 is 15.2 Å². The summed E-state index contributed by atoms with van der Waals surface area (Å²) in [6.07, 6.45) is 8.69. The van der Waals surface area contributed by atoms with Crippen LogP contribution in [-0.4, -0.2) is 34.1 Å². The first-order chi connectivity index (χ1) is 9.13. The lowest BCUT2D eigenvalue weighted by Gasteiger charge is -2.17. The fraction of sp³-hybridized carbons (Fsp3) is 0.714. The van der Waals surface area contributed by atoms with Crippen molar-refractivity contribution in [2.24, 2.45) is 0 Å². The third-order valence-corrected chi connectivity index (χ3v) is 3.25. The summed E-state index contributed by atoms with van der Waals surface area (Å²) in [6.45, 7) is 7.85. The number of nitrogens with zero attached hydrogens (tertiary/aromatic N) is 2. The van der Waals surface area contributed by atoms with Crippen molar-refractivity contribution >= 4 is 5.91 Å². The maximum absolute atomic E-state index is 11.8. The minimum atomic E-state index is -0.123. The zero-order valence-electron chi connectivity index (χ0n) is 12.2. The van der Waals surface area contributed by atoms with Crippen LogP contribution in [0.2, 0.25) is 0 Å². The number of rotatable bonds is 9. The Balaban J connectivity index is 2.06. The first-order valence-corrected chi connectivity index (χ1v) is 7.13. The van der Waals surface area contributed by atoms with Crippen molar-refractivity contribution in [3.05, 3.63) is 18.7 Å². The standard InChI is InChI=1S/C14H26N4O/c1-4-12(2)17-14(19)13(3)16-7-5-6-9-18-10-8-15-11-18/h8,10-13,16H,4-7,9H2,1-3H3,(H,17,19). The molecule has 0 radical (unpaired) electrons. The minimum absolute atomic E-state index is 0.0870. The Bertz CT molecular complexity index is 350. The average Bonchev–Trinajstić information content (AvgIpc) is 2.90. The molecule has 0 aliphatic carbocycles. The summed E-state index contributed by atoms with van der Waals surface area (Å²) in [6, 6.07) is 0.125. The number of carbonyl (C=O) groups is 1. The van der Waals surface area contributed by atoms with Gasteiger partial charge in [-0.25, -0.2) is 4.98 Å². The quantitative estimate of drug-likeness (QED) is 0.667. The van der Waals surface area contributed by atoms with Gasteiger partial charge in [0.05, 0.1) is 12.4 Å². The van der Waals surface area contributed by atoms with Crippen LogP contribution in [0.4, 0.5) is 0 Å². The van der Waals surface area contributed by atoms with Crippen LogP contribution in [0.3, 0.4) is 0 Å². The second-order valence-corrected chi connectivity index (χ2v) is 5.00. The van der Waals surface area contributed by atoms with Crippen LogP contribution in [0.25, 0.3) is 0 Å². The van der Waals surface area contributed by atoms with Gasteiger partial charge in [0.15, 0.2) is 0 Å². The molecule has 0 spiro atoms. The van der Waals surface area contributed by atoms with E-state index < -0.39 is 0 Å². The van der Waals surface area contributed by atoms with Gasteiger partial charge in [0.25, 0.3) is 0 Å². The highest BCUT2D eigenvalue weighted by Gasteiger charge is 2.13. The van der Waals surface area contributed by atoms with E-state index in [0.29, 0.717) is 0 Å². The van der Waals surface area contributed by atoms with E-state index in [4.69, 9.17) is 0 Å². The van der Waals surface area contributed by atoms with Crippen LogP contribution >= 0.6 is 0 Å². The van der Waals surface area contributed by atoms with E-state index >= 15 is 0 Å². The van der Waals surface area contributed by atoms with E-state index in [0.717, 1.165) is 32.4 Å². The lowest BCUT2D eigenvalue weighted by molar-refractivity contribution is -0.123. The Labute approximate surface area is 115 Å². The van der Waals surface area contributed by atoms with E-state index in [1.165, 1.54) is 0 Å². The Morgan fingerprint density at radius 2 is 2.16 bits per heavy atom. The molecule has 0 saturated carbocycles. The molecule has 0 bridgehead atoms. The Kier molecular flexibility index (Phi) is 7.18. The number of imidazole rings is 1. The summed E-state index contributed by atoms with van der Waals surface area (Å²) in [5, 5.41) is 6.23. The summed E-state index contributed by atoms with van der Waals surface area (Å²) < 4.78 is 2.07. The van der Waals surface area contributed by atoms with Crippen LogP contribution in [0, 0.1) is 0 Å². The van der Waals surface area contributed by atoms with Gasteiger partial charge in [-0.2, -0.15) is 0 Å². The van der Waals surface area contributed by atoms with Gasteiger partial charge in [-0.1, -0.05) is 6.92 Å². The van der Waals surface area contributed by atoms with Crippen molar-refractivity contribution in [1.29, 1.82) is 0 Å². The average molecular weight is 266 g/mol. The van der Waals surface area contributed by atoms with Crippen molar-refractivity contribution < 1.29 is 4.79 Å². The highest BCUT2D eigenvalue weighted by molar-refractivity contribution is 5.81. The second kappa shape index (κ2) is 8.69. The normalized spacial score (nSPS) is 14.1. The molecule has 2 unspecified atom stereocenters. The molecule has 1 heterocycles. The van der Waals surface area contributed by atoms with Gasteiger partial charge in [0.2, 0.25) is 5.91 Å². The highest BCUT2D eigenvalue weighted by atomic mass is 16.2. The predicted octanol–water partition coefficient (Wildman–Crippen LogP) is 1.56. The van der Waals surface area contributed by atoms with Gasteiger partial charge in [-0.3, -0.25) is 4.79 Å². The molecule has 0 aromatic carbocycles. The zero-order chi connectivity index (χ0) is 14.1. The SMILES string of the molecule is CCC(C)NC(=O)C(C)NCCCCn1ccnc1. The van der Waals surface area contributed by atoms with Crippen molar-refractivity contribution in [1.82, 2.24) is 20.2 Å². The number of nitrogens with one attached hydrogen (secondary N) is 2. The lowest BCUT2D eigenvalue weighted by Crippen LogP contribution is -2.45. The third-order valence-electron chi connectivity index (χ3n) is 3.25. The Morgan fingerprint density at radius 3 is 2.79 bits per heavy atom. The molecule has 19 heavy (non-hydrogen) atoms. The summed E-state index contributed by atoms with van der Waals surface area (Å²) in [5.41, 5.74) is 0. The number of aromatic nitrogens is 2. The van der Waals surface area contributed by atoms with Gasteiger partial charge >= 0.3 is 0 Å². The zero-order valence-corrected chi connectivity index (χ0v) is 12.2. The second-order valence-electron chi connectivity index (χ2n) is 5.00. The molecule has 0 fully saturated rings. The summed E-state index contributed by atoms with van der Waals surface area (Å²) in [4.78, 5) is 15.8. The Morgan fingerprint density at radius 1 is 1.37 bits per heavy atom. The monoisotopic (exact) mass is 266 g/mol. The minimum Gasteiger partial charge on any atom is -0.352 e. The van der Waals surface area contributed by atoms with E-state index in [1.807, 2.05) is 26.4 Å². The van der Waals surface area contributed by atoms with E-state index in [-0.39, 0.29) is 18.0 Å². The predicted molar refractivity (Wildman–Crippen MR) is 76.8 cm³/mol. The molecule has 1 aromatic rings. The first kappa shape index (κ1) is 15.7. The number of hydrogen-bond acceptors (Lipinski definition) is 3. The number of hydrogen-bond donors (Lipinski definition) is 2. The van der Waals surface area contributed by atoms with Crippen LogP contribution in [0.5, 0.6) is 0 Å². The molecule has 1 rings (SSSR count). The maximum atomic E-state index is 11.8. The van der Waals surface area contributed by atoms with Crippen LogP contribution in [0.1, 0.15) is 40.0 Å². The molecule has 2 N–H and O–H groups in total. The fourth-order valence-electron chi connectivity index (χ4n) is 1.72. The van der Waals surface area contributed by atoms with Gasteiger partial charge in [-0.05, 0) is 39.7 Å². The summed E-state index contributed by atoms with van der Waals surface area (Å²) in [7, 11) is 0. The molecule has 1 amide bonds.